The minimum Gasteiger partial charge on any atom is -0.451 e. The van der Waals surface area contributed by atoms with E-state index in [-0.39, 0.29) is 16.8 Å². The van der Waals surface area contributed by atoms with Crippen molar-refractivity contribution >= 4 is 52.1 Å². The molecule has 0 atom stereocenters. The summed E-state index contributed by atoms with van der Waals surface area (Å²) in [7, 11) is 0. The molecule has 2 amide bonds. The number of benzene rings is 2. The predicted molar refractivity (Wildman–Crippen MR) is 123 cm³/mol. The van der Waals surface area contributed by atoms with E-state index in [1.165, 1.54) is 0 Å². The quantitative estimate of drug-likeness (QED) is 0.463. The number of hydrogen-bond donors (Lipinski definition) is 3. The molecule has 0 aliphatic rings. The first-order valence-corrected chi connectivity index (χ1v) is 10.0. The van der Waals surface area contributed by atoms with Gasteiger partial charge in [0.1, 0.15) is 5.76 Å². The number of halogens is 1. The second-order valence-electron chi connectivity index (χ2n) is 6.52. The van der Waals surface area contributed by atoms with Crippen molar-refractivity contribution in [1.29, 1.82) is 0 Å². The van der Waals surface area contributed by atoms with E-state index in [9.17, 15) is 9.59 Å². The number of thiocarbonyl (C=S) groups is 1. The van der Waals surface area contributed by atoms with Crippen molar-refractivity contribution in [3.8, 4) is 11.3 Å². The molecule has 0 unspecified atom stereocenters. The predicted octanol–water partition coefficient (Wildman–Crippen LogP) is 5.38. The molecule has 0 fully saturated rings. The van der Waals surface area contributed by atoms with Gasteiger partial charge in [0, 0.05) is 28.4 Å². The summed E-state index contributed by atoms with van der Waals surface area (Å²) >= 11 is 11.4. The molecular formula is C22H20ClN3O3S. The van der Waals surface area contributed by atoms with Gasteiger partial charge in [-0.05, 0) is 61.1 Å². The number of nitrogens with one attached hydrogen (secondary N) is 3. The zero-order chi connectivity index (χ0) is 21.7. The molecule has 3 N–H and O–H groups in total. The van der Waals surface area contributed by atoms with Gasteiger partial charge < -0.3 is 15.1 Å². The zero-order valence-electron chi connectivity index (χ0n) is 16.4. The van der Waals surface area contributed by atoms with Crippen LogP contribution in [0.5, 0.6) is 0 Å². The van der Waals surface area contributed by atoms with Crippen molar-refractivity contribution in [3.63, 3.8) is 0 Å². The number of hydrogen-bond acceptors (Lipinski definition) is 4. The first-order valence-electron chi connectivity index (χ1n) is 9.24. The third-order valence-corrected chi connectivity index (χ3v) is 4.85. The maximum atomic E-state index is 12.4. The number of carbonyl (C=O) groups excluding carboxylic acids is 2. The van der Waals surface area contributed by atoms with Gasteiger partial charge in [0.25, 0.3) is 5.91 Å². The first kappa shape index (κ1) is 21.5. The topological polar surface area (TPSA) is 83.4 Å². The molecule has 0 saturated carbocycles. The molecular weight excluding hydrogens is 422 g/mol. The molecule has 1 aromatic heterocycles. The third kappa shape index (κ3) is 5.46. The lowest BCUT2D eigenvalue weighted by Crippen LogP contribution is -2.33. The summed E-state index contributed by atoms with van der Waals surface area (Å²) in [5.41, 5.74) is 2.99. The van der Waals surface area contributed by atoms with E-state index < -0.39 is 5.91 Å². The van der Waals surface area contributed by atoms with Gasteiger partial charge >= 0.3 is 0 Å². The average Bonchev–Trinajstić information content (AvgIpc) is 3.20. The summed E-state index contributed by atoms with van der Waals surface area (Å²) in [4.78, 5) is 24.0. The molecule has 1 heterocycles. The lowest BCUT2D eigenvalue weighted by Gasteiger charge is -2.10. The Morgan fingerprint density at radius 1 is 1.03 bits per heavy atom. The van der Waals surface area contributed by atoms with Crippen molar-refractivity contribution in [2.24, 2.45) is 0 Å². The molecule has 0 saturated heterocycles. The van der Waals surface area contributed by atoms with Gasteiger partial charge in [0.05, 0.1) is 0 Å². The second kappa shape index (κ2) is 9.56. The Balaban J connectivity index is 1.63. The van der Waals surface area contributed by atoms with E-state index in [0.717, 1.165) is 11.1 Å². The van der Waals surface area contributed by atoms with Crippen LogP contribution in [0, 0.1) is 6.92 Å². The van der Waals surface area contributed by atoms with Crippen LogP contribution in [-0.2, 0) is 4.79 Å². The van der Waals surface area contributed by atoms with Crippen LogP contribution >= 0.6 is 23.8 Å². The number of aryl methyl sites for hydroxylation is 1. The molecule has 3 aromatic rings. The minimum atomic E-state index is -0.479. The molecule has 6 nitrogen and oxygen atoms in total. The van der Waals surface area contributed by atoms with E-state index in [4.69, 9.17) is 28.2 Å². The van der Waals surface area contributed by atoms with Crippen LogP contribution in [0.3, 0.4) is 0 Å². The summed E-state index contributed by atoms with van der Waals surface area (Å²) in [6.45, 7) is 3.68. The Hall–Kier alpha value is -3.16. The Labute approximate surface area is 184 Å². The molecule has 8 heteroatoms. The summed E-state index contributed by atoms with van der Waals surface area (Å²) in [6, 6.07) is 15.8. The van der Waals surface area contributed by atoms with Gasteiger partial charge in [-0.3, -0.25) is 14.9 Å². The smallest absolute Gasteiger partial charge is 0.293 e. The maximum Gasteiger partial charge on any atom is 0.293 e. The monoisotopic (exact) mass is 441 g/mol. The molecule has 154 valence electrons. The molecule has 0 radical (unpaired) electrons. The summed E-state index contributed by atoms with van der Waals surface area (Å²) in [5.74, 6) is 0.0778. The number of rotatable bonds is 5. The highest BCUT2D eigenvalue weighted by atomic mass is 35.5. The van der Waals surface area contributed by atoms with Crippen LogP contribution in [0.25, 0.3) is 11.3 Å². The zero-order valence-corrected chi connectivity index (χ0v) is 18.0. The highest BCUT2D eigenvalue weighted by molar-refractivity contribution is 7.80. The van der Waals surface area contributed by atoms with Gasteiger partial charge in [0.15, 0.2) is 10.9 Å². The fourth-order valence-corrected chi connectivity index (χ4v) is 3.00. The second-order valence-corrected chi connectivity index (χ2v) is 7.33. The number of furan rings is 1. The fraction of sp³-hybridized carbons (Fsp3) is 0.136. The van der Waals surface area contributed by atoms with E-state index in [1.54, 1.807) is 49.4 Å². The fourth-order valence-electron chi connectivity index (χ4n) is 2.61. The molecule has 2 aromatic carbocycles. The van der Waals surface area contributed by atoms with E-state index in [0.29, 0.717) is 28.6 Å². The highest BCUT2D eigenvalue weighted by Crippen LogP contribution is 2.27. The SMILES string of the molecule is CCC(=O)Nc1cccc(NC(=S)NC(=O)c2ccc(-c3ccc(C)c(Cl)c3)o2)c1. The Morgan fingerprint density at radius 2 is 1.77 bits per heavy atom. The van der Waals surface area contributed by atoms with Gasteiger partial charge in [-0.1, -0.05) is 36.7 Å². The van der Waals surface area contributed by atoms with Crippen LogP contribution in [0.15, 0.2) is 59.0 Å². The molecule has 0 bridgehead atoms. The van der Waals surface area contributed by atoms with Crippen molar-refractivity contribution < 1.29 is 14.0 Å². The first-order chi connectivity index (χ1) is 14.4. The standard InChI is InChI=1S/C22H20ClN3O3S/c1-3-20(27)24-15-5-4-6-16(12-15)25-22(30)26-21(28)19-10-9-18(29-19)14-8-7-13(2)17(23)11-14/h4-12H,3H2,1-2H3,(H,24,27)(H2,25,26,28,30). The number of carbonyl (C=O) groups is 2. The average molecular weight is 442 g/mol. The lowest BCUT2D eigenvalue weighted by molar-refractivity contribution is -0.115. The van der Waals surface area contributed by atoms with E-state index >= 15 is 0 Å². The lowest BCUT2D eigenvalue weighted by atomic mass is 10.1. The maximum absolute atomic E-state index is 12.4. The van der Waals surface area contributed by atoms with Crippen LogP contribution in [0.1, 0.15) is 29.5 Å². The van der Waals surface area contributed by atoms with Crippen LogP contribution in [0.2, 0.25) is 5.02 Å². The minimum absolute atomic E-state index is 0.0912. The van der Waals surface area contributed by atoms with Crippen LogP contribution in [-0.4, -0.2) is 16.9 Å². The van der Waals surface area contributed by atoms with E-state index in [1.807, 2.05) is 19.1 Å². The summed E-state index contributed by atoms with van der Waals surface area (Å²) in [6.07, 6.45) is 0.381. The van der Waals surface area contributed by atoms with Crippen molar-refractivity contribution in [2.75, 3.05) is 10.6 Å². The highest BCUT2D eigenvalue weighted by Gasteiger charge is 2.14. The molecule has 3 rings (SSSR count). The number of anilines is 2. The molecule has 30 heavy (non-hydrogen) atoms. The van der Waals surface area contributed by atoms with Gasteiger partial charge in [-0.15, -0.1) is 0 Å². The number of amides is 2. The van der Waals surface area contributed by atoms with Crippen LogP contribution in [0.4, 0.5) is 11.4 Å². The van der Waals surface area contributed by atoms with Crippen LogP contribution < -0.4 is 16.0 Å². The van der Waals surface area contributed by atoms with Gasteiger partial charge in [0.2, 0.25) is 5.91 Å². The van der Waals surface area contributed by atoms with Gasteiger partial charge in [-0.2, -0.15) is 0 Å². The Bertz CT molecular complexity index is 1110. The summed E-state index contributed by atoms with van der Waals surface area (Å²) < 4.78 is 5.65. The molecule has 0 aliphatic heterocycles. The molecule has 0 spiro atoms. The normalized spacial score (nSPS) is 10.4. The van der Waals surface area contributed by atoms with Crippen molar-refractivity contribution in [2.45, 2.75) is 20.3 Å². The largest absolute Gasteiger partial charge is 0.451 e. The van der Waals surface area contributed by atoms with Crippen molar-refractivity contribution in [3.05, 3.63) is 70.9 Å². The van der Waals surface area contributed by atoms with Gasteiger partial charge in [-0.25, -0.2) is 0 Å². The van der Waals surface area contributed by atoms with E-state index in [2.05, 4.69) is 16.0 Å². The summed E-state index contributed by atoms with van der Waals surface area (Å²) in [5, 5.41) is 8.98. The Kier molecular flexibility index (Phi) is 6.87. The Morgan fingerprint density at radius 3 is 2.47 bits per heavy atom. The van der Waals surface area contributed by atoms with Crippen molar-refractivity contribution in [1.82, 2.24) is 5.32 Å². The third-order valence-electron chi connectivity index (χ3n) is 4.24. The molecule has 0 aliphatic carbocycles.